The molecule has 1 atom stereocenters. The number of nitrogen functional groups attached to an aromatic ring is 1. The topological polar surface area (TPSA) is 91.1 Å². The minimum Gasteiger partial charge on any atom is -0.398 e. The second-order valence-electron chi connectivity index (χ2n) is 5.55. The van der Waals surface area contributed by atoms with Crippen LogP contribution in [0.1, 0.15) is 17.2 Å². The van der Waals surface area contributed by atoms with Gasteiger partial charge in [0.15, 0.2) is 0 Å². The molecule has 0 bridgehead atoms. The van der Waals surface area contributed by atoms with Crippen molar-refractivity contribution in [2.24, 2.45) is 5.73 Å². The van der Waals surface area contributed by atoms with Gasteiger partial charge in [-0.15, -0.1) is 0 Å². The molecule has 4 N–H and O–H groups in total. The lowest BCUT2D eigenvalue weighted by Crippen LogP contribution is -2.34. The van der Waals surface area contributed by atoms with Crippen LogP contribution < -0.4 is 17.0 Å². The Balaban J connectivity index is 2.23. The van der Waals surface area contributed by atoms with Crippen molar-refractivity contribution in [1.29, 1.82) is 0 Å². The fourth-order valence-electron chi connectivity index (χ4n) is 2.73. The van der Waals surface area contributed by atoms with Crippen molar-refractivity contribution in [1.82, 2.24) is 4.57 Å². The van der Waals surface area contributed by atoms with Gasteiger partial charge in [-0.3, -0.25) is 14.2 Å². The first-order valence-corrected chi connectivity index (χ1v) is 7.24. The van der Waals surface area contributed by atoms with Crippen molar-refractivity contribution in [3.8, 4) is 0 Å². The molecule has 0 radical (unpaired) electrons. The number of pyridine rings is 1. The predicted octanol–water partition coefficient (Wildman–Crippen LogP) is 1.97. The number of hydrogen-bond donors (Lipinski definition) is 2. The van der Waals surface area contributed by atoms with Gasteiger partial charge in [-0.25, -0.2) is 0 Å². The molecule has 1 aromatic heterocycles. The van der Waals surface area contributed by atoms with Crippen molar-refractivity contribution >= 4 is 22.4 Å². The van der Waals surface area contributed by atoms with E-state index >= 15 is 0 Å². The average molecular weight is 307 g/mol. The van der Waals surface area contributed by atoms with E-state index in [0.29, 0.717) is 22.0 Å². The standard InChI is InChI=1S/C18H17N3O2/c1-11-5-7-12(8-6-11)16(17(20)22)21-10-9-13-14(18(21)23)3-2-4-15(13)19/h2-10,16H,19H2,1H3,(H2,20,22). The summed E-state index contributed by atoms with van der Waals surface area (Å²) >= 11 is 0. The Morgan fingerprint density at radius 2 is 1.74 bits per heavy atom. The van der Waals surface area contributed by atoms with Gasteiger partial charge in [0.25, 0.3) is 5.56 Å². The summed E-state index contributed by atoms with van der Waals surface area (Å²) in [7, 11) is 0. The maximum atomic E-state index is 12.8. The molecule has 0 saturated heterocycles. The summed E-state index contributed by atoms with van der Waals surface area (Å²) in [5.41, 5.74) is 13.4. The van der Waals surface area contributed by atoms with E-state index in [1.165, 1.54) is 4.57 Å². The third kappa shape index (κ3) is 2.57. The van der Waals surface area contributed by atoms with Crippen molar-refractivity contribution < 1.29 is 4.79 Å². The number of aryl methyl sites for hydroxylation is 1. The second-order valence-corrected chi connectivity index (χ2v) is 5.55. The normalized spacial score (nSPS) is 12.2. The molecule has 0 fully saturated rings. The maximum absolute atomic E-state index is 12.8. The first-order valence-electron chi connectivity index (χ1n) is 7.24. The Morgan fingerprint density at radius 3 is 2.39 bits per heavy atom. The maximum Gasteiger partial charge on any atom is 0.259 e. The van der Waals surface area contributed by atoms with Crippen LogP contribution in [0.4, 0.5) is 5.69 Å². The lowest BCUT2D eigenvalue weighted by atomic mass is 10.0. The molecule has 23 heavy (non-hydrogen) atoms. The summed E-state index contributed by atoms with van der Waals surface area (Å²) < 4.78 is 1.36. The lowest BCUT2D eigenvalue weighted by molar-refractivity contribution is -0.120. The third-order valence-corrected chi connectivity index (χ3v) is 3.95. The molecule has 5 heteroatoms. The highest BCUT2D eigenvalue weighted by molar-refractivity contribution is 5.92. The Bertz CT molecular complexity index is 943. The van der Waals surface area contributed by atoms with Gasteiger partial charge in [0, 0.05) is 22.7 Å². The van der Waals surface area contributed by atoms with Gasteiger partial charge in [0.2, 0.25) is 5.91 Å². The highest BCUT2D eigenvalue weighted by Crippen LogP contribution is 2.21. The average Bonchev–Trinajstić information content (AvgIpc) is 2.52. The molecular formula is C18H17N3O2. The van der Waals surface area contributed by atoms with E-state index in [1.807, 2.05) is 19.1 Å². The molecule has 0 aliphatic carbocycles. The number of nitrogens with two attached hydrogens (primary N) is 2. The lowest BCUT2D eigenvalue weighted by Gasteiger charge is -2.18. The van der Waals surface area contributed by atoms with Crippen LogP contribution in [-0.4, -0.2) is 10.5 Å². The van der Waals surface area contributed by atoms with E-state index < -0.39 is 11.9 Å². The van der Waals surface area contributed by atoms with E-state index in [9.17, 15) is 9.59 Å². The zero-order valence-electron chi connectivity index (χ0n) is 12.7. The first kappa shape index (κ1) is 14.8. The van der Waals surface area contributed by atoms with Gasteiger partial charge < -0.3 is 11.5 Å². The molecule has 0 aliphatic rings. The molecule has 0 aliphatic heterocycles. The van der Waals surface area contributed by atoms with Gasteiger partial charge in [-0.1, -0.05) is 35.9 Å². The van der Waals surface area contributed by atoms with E-state index in [-0.39, 0.29) is 5.56 Å². The van der Waals surface area contributed by atoms with Crippen LogP contribution in [-0.2, 0) is 4.79 Å². The molecule has 0 spiro atoms. The van der Waals surface area contributed by atoms with Crippen molar-refractivity contribution in [2.75, 3.05) is 5.73 Å². The van der Waals surface area contributed by atoms with E-state index in [0.717, 1.165) is 5.56 Å². The number of fused-ring (bicyclic) bond motifs is 1. The first-order chi connectivity index (χ1) is 11.0. The van der Waals surface area contributed by atoms with Crippen molar-refractivity contribution in [3.05, 3.63) is 76.2 Å². The molecule has 116 valence electrons. The summed E-state index contributed by atoms with van der Waals surface area (Å²) in [5, 5.41) is 1.13. The highest BCUT2D eigenvalue weighted by atomic mass is 16.2. The summed E-state index contributed by atoms with van der Waals surface area (Å²) in [5.74, 6) is -0.584. The van der Waals surface area contributed by atoms with E-state index in [1.54, 1.807) is 42.6 Å². The quantitative estimate of drug-likeness (QED) is 0.725. The summed E-state index contributed by atoms with van der Waals surface area (Å²) in [6, 6.07) is 13.4. The van der Waals surface area contributed by atoms with Crippen LogP contribution in [0.15, 0.2) is 59.5 Å². The second kappa shape index (κ2) is 5.61. The number of nitrogens with zero attached hydrogens (tertiary/aromatic N) is 1. The molecular weight excluding hydrogens is 290 g/mol. The van der Waals surface area contributed by atoms with Crippen LogP contribution in [0.2, 0.25) is 0 Å². The van der Waals surface area contributed by atoms with Gasteiger partial charge in [-0.2, -0.15) is 0 Å². The number of benzene rings is 2. The number of carbonyl (C=O) groups excluding carboxylic acids is 1. The molecule has 1 unspecified atom stereocenters. The Kier molecular flexibility index (Phi) is 3.62. The third-order valence-electron chi connectivity index (χ3n) is 3.95. The van der Waals surface area contributed by atoms with Gasteiger partial charge in [-0.05, 0) is 30.7 Å². The van der Waals surface area contributed by atoms with Crippen molar-refractivity contribution in [3.63, 3.8) is 0 Å². The number of amides is 1. The molecule has 5 nitrogen and oxygen atoms in total. The molecule has 2 aromatic carbocycles. The Labute approximate surface area is 133 Å². The Morgan fingerprint density at radius 1 is 1.04 bits per heavy atom. The Hall–Kier alpha value is -3.08. The van der Waals surface area contributed by atoms with Gasteiger partial charge in [0.05, 0.1) is 0 Å². The van der Waals surface area contributed by atoms with Crippen LogP contribution in [0, 0.1) is 6.92 Å². The highest BCUT2D eigenvalue weighted by Gasteiger charge is 2.21. The molecule has 1 heterocycles. The summed E-state index contributed by atoms with van der Waals surface area (Å²) in [4.78, 5) is 24.7. The smallest absolute Gasteiger partial charge is 0.259 e. The zero-order chi connectivity index (χ0) is 16.6. The zero-order valence-corrected chi connectivity index (χ0v) is 12.7. The summed E-state index contributed by atoms with van der Waals surface area (Å²) in [6.45, 7) is 1.95. The monoisotopic (exact) mass is 307 g/mol. The molecule has 1 amide bonds. The van der Waals surface area contributed by atoms with Crippen LogP contribution in [0.5, 0.6) is 0 Å². The SMILES string of the molecule is Cc1ccc(C(C(N)=O)n2ccc3c(N)cccc3c2=O)cc1. The number of anilines is 1. The summed E-state index contributed by atoms with van der Waals surface area (Å²) in [6.07, 6.45) is 1.57. The fraction of sp³-hybridized carbons (Fsp3) is 0.111. The van der Waals surface area contributed by atoms with Crippen molar-refractivity contribution in [2.45, 2.75) is 13.0 Å². The van der Waals surface area contributed by atoms with Gasteiger partial charge >= 0.3 is 0 Å². The predicted molar refractivity (Wildman–Crippen MR) is 91.1 cm³/mol. The fourth-order valence-corrected chi connectivity index (χ4v) is 2.73. The number of rotatable bonds is 3. The van der Waals surface area contributed by atoms with Crippen LogP contribution in [0.3, 0.4) is 0 Å². The molecule has 0 saturated carbocycles. The number of primary amides is 1. The number of hydrogen-bond acceptors (Lipinski definition) is 3. The number of carbonyl (C=O) groups is 1. The largest absolute Gasteiger partial charge is 0.398 e. The molecule has 3 rings (SSSR count). The number of aromatic nitrogens is 1. The minimum absolute atomic E-state index is 0.292. The molecule has 3 aromatic rings. The van der Waals surface area contributed by atoms with Crippen LogP contribution in [0.25, 0.3) is 10.8 Å². The minimum atomic E-state index is -0.853. The van der Waals surface area contributed by atoms with Gasteiger partial charge in [0.1, 0.15) is 6.04 Å². The van der Waals surface area contributed by atoms with E-state index in [4.69, 9.17) is 11.5 Å². The van der Waals surface area contributed by atoms with E-state index in [2.05, 4.69) is 0 Å². The van der Waals surface area contributed by atoms with Crippen LogP contribution >= 0.6 is 0 Å².